The van der Waals surface area contributed by atoms with E-state index in [-0.39, 0.29) is 0 Å². The summed E-state index contributed by atoms with van der Waals surface area (Å²) in [5.41, 5.74) is 0. The molecular formula is C14H27N5. The average molecular weight is 265 g/mol. The highest BCUT2D eigenvalue weighted by molar-refractivity contribution is 5.48. The van der Waals surface area contributed by atoms with Crippen LogP contribution in [0.1, 0.15) is 33.0 Å². The predicted octanol–water partition coefficient (Wildman–Crippen LogP) is 2.22. The summed E-state index contributed by atoms with van der Waals surface area (Å²) in [4.78, 5) is 11.2. The van der Waals surface area contributed by atoms with Gasteiger partial charge in [0.25, 0.3) is 0 Å². The van der Waals surface area contributed by atoms with E-state index >= 15 is 0 Å². The molecule has 0 aliphatic carbocycles. The minimum atomic E-state index is 0.355. The molecule has 0 amide bonds. The first kappa shape index (κ1) is 15.7. The molecule has 1 atom stereocenters. The molecule has 0 aromatic carbocycles. The Labute approximate surface area is 116 Å². The number of rotatable bonds is 8. The summed E-state index contributed by atoms with van der Waals surface area (Å²) in [6, 6.07) is 2.34. The number of hydrogen-bond acceptors (Lipinski definition) is 5. The van der Waals surface area contributed by atoms with Crippen LogP contribution in [0.2, 0.25) is 0 Å². The molecule has 1 unspecified atom stereocenters. The maximum Gasteiger partial charge on any atom is 0.133 e. The van der Waals surface area contributed by atoms with Gasteiger partial charge in [0.2, 0.25) is 0 Å². The van der Waals surface area contributed by atoms with Crippen LogP contribution < -0.4 is 10.6 Å². The lowest BCUT2D eigenvalue weighted by Gasteiger charge is -2.19. The fraction of sp³-hybridized carbons (Fsp3) is 0.714. The molecule has 5 heteroatoms. The predicted molar refractivity (Wildman–Crippen MR) is 81.8 cm³/mol. The molecule has 0 radical (unpaired) electrons. The zero-order valence-electron chi connectivity index (χ0n) is 12.8. The van der Waals surface area contributed by atoms with E-state index in [1.54, 1.807) is 0 Å². The molecule has 19 heavy (non-hydrogen) atoms. The molecule has 0 aliphatic rings. The van der Waals surface area contributed by atoms with Gasteiger partial charge in [-0.05, 0) is 34.4 Å². The van der Waals surface area contributed by atoms with Gasteiger partial charge in [0.15, 0.2) is 0 Å². The normalized spacial score (nSPS) is 12.5. The highest BCUT2D eigenvalue weighted by Gasteiger charge is 2.08. The van der Waals surface area contributed by atoms with Gasteiger partial charge in [0.05, 0.1) is 0 Å². The Morgan fingerprint density at radius 2 is 1.89 bits per heavy atom. The van der Waals surface area contributed by atoms with E-state index in [0.29, 0.717) is 6.04 Å². The van der Waals surface area contributed by atoms with E-state index < -0.39 is 0 Å². The molecule has 108 valence electrons. The standard InChI is InChI=1S/C14H27N5/c1-6-8-12-17-13(15-7-2)9-14(18-12)16-11(3)10-19(4)5/h9,11H,6-8,10H2,1-5H3,(H2,15,16,17,18). The molecule has 2 N–H and O–H groups in total. The number of aryl methyl sites for hydroxylation is 1. The highest BCUT2D eigenvalue weighted by atomic mass is 15.1. The number of nitrogens with zero attached hydrogens (tertiary/aromatic N) is 3. The SMILES string of the molecule is CCCc1nc(NCC)cc(NC(C)CN(C)C)n1. The molecule has 1 heterocycles. The summed E-state index contributed by atoms with van der Waals surface area (Å²) in [5.74, 6) is 2.71. The van der Waals surface area contributed by atoms with Crippen molar-refractivity contribution in [3.05, 3.63) is 11.9 Å². The second kappa shape index (κ2) is 7.94. The molecule has 1 aromatic rings. The summed E-state index contributed by atoms with van der Waals surface area (Å²) in [6.45, 7) is 8.22. The molecule has 1 aromatic heterocycles. The van der Waals surface area contributed by atoms with Crippen molar-refractivity contribution >= 4 is 11.6 Å². The monoisotopic (exact) mass is 265 g/mol. The van der Waals surface area contributed by atoms with E-state index in [2.05, 4.69) is 60.4 Å². The van der Waals surface area contributed by atoms with Crippen molar-refractivity contribution in [2.75, 3.05) is 37.8 Å². The number of aromatic nitrogens is 2. The Balaban J connectivity index is 2.79. The van der Waals surface area contributed by atoms with E-state index in [4.69, 9.17) is 0 Å². The van der Waals surface area contributed by atoms with Gasteiger partial charge in [-0.25, -0.2) is 9.97 Å². The summed E-state index contributed by atoms with van der Waals surface area (Å²) in [5, 5.41) is 6.70. The molecule has 1 rings (SSSR count). The van der Waals surface area contributed by atoms with Crippen molar-refractivity contribution in [2.45, 2.75) is 39.7 Å². The largest absolute Gasteiger partial charge is 0.370 e. The molecule has 5 nitrogen and oxygen atoms in total. The number of nitrogens with one attached hydrogen (secondary N) is 2. The van der Waals surface area contributed by atoms with Crippen LogP contribution in [0.4, 0.5) is 11.6 Å². The molecule has 0 saturated carbocycles. The smallest absolute Gasteiger partial charge is 0.133 e. The quantitative estimate of drug-likeness (QED) is 0.755. The van der Waals surface area contributed by atoms with Gasteiger partial charge in [-0.3, -0.25) is 0 Å². The number of likely N-dealkylation sites (N-methyl/N-ethyl adjacent to an activating group) is 1. The van der Waals surface area contributed by atoms with Crippen molar-refractivity contribution in [1.82, 2.24) is 14.9 Å². The number of hydrogen-bond donors (Lipinski definition) is 2. The third kappa shape index (κ3) is 5.87. The Morgan fingerprint density at radius 3 is 2.47 bits per heavy atom. The van der Waals surface area contributed by atoms with Gasteiger partial charge < -0.3 is 15.5 Å². The van der Waals surface area contributed by atoms with E-state index in [1.807, 2.05) is 6.07 Å². The second-order valence-corrected chi connectivity index (χ2v) is 5.14. The summed E-state index contributed by atoms with van der Waals surface area (Å²) in [6.07, 6.45) is 1.97. The Morgan fingerprint density at radius 1 is 1.21 bits per heavy atom. The summed E-state index contributed by atoms with van der Waals surface area (Å²) >= 11 is 0. The van der Waals surface area contributed by atoms with Crippen molar-refractivity contribution in [3.63, 3.8) is 0 Å². The molecule has 0 spiro atoms. The third-order valence-corrected chi connectivity index (χ3v) is 2.64. The van der Waals surface area contributed by atoms with Crippen LogP contribution in [-0.2, 0) is 6.42 Å². The lowest BCUT2D eigenvalue weighted by atomic mass is 10.3. The van der Waals surface area contributed by atoms with Gasteiger partial charge in [-0.1, -0.05) is 6.92 Å². The molecule has 0 saturated heterocycles. The van der Waals surface area contributed by atoms with Gasteiger partial charge in [0, 0.05) is 31.6 Å². The fourth-order valence-electron chi connectivity index (χ4n) is 2.02. The fourth-order valence-corrected chi connectivity index (χ4v) is 2.02. The first-order valence-corrected chi connectivity index (χ1v) is 7.08. The minimum absolute atomic E-state index is 0.355. The van der Waals surface area contributed by atoms with Gasteiger partial charge in [-0.2, -0.15) is 0 Å². The zero-order valence-corrected chi connectivity index (χ0v) is 12.8. The number of anilines is 2. The van der Waals surface area contributed by atoms with E-state index in [0.717, 1.165) is 43.4 Å². The topological polar surface area (TPSA) is 53.1 Å². The van der Waals surface area contributed by atoms with Gasteiger partial charge in [-0.15, -0.1) is 0 Å². The van der Waals surface area contributed by atoms with E-state index in [1.165, 1.54) is 0 Å². The third-order valence-electron chi connectivity index (χ3n) is 2.64. The van der Waals surface area contributed by atoms with Gasteiger partial charge in [0.1, 0.15) is 17.5 Å². The minimum Gasteiger partial charge on any atom is -0.370 e. The average Bonchev–Trinajstić information content (AvgIpc) is 2.28. The van der Waals surface area contributed by atoms with Crippen molar-refractivity contribution in [3.8, 4) is 0 Å². The van der Waals surface area contributed by atoms with Crippen molar-refractivity contribution < 1.29 is 0 Å². The van der Waals surface area contributed by atoms with Crippen LogP contribution in [0.15, 0.2) is 6.07 Å². The van der Waals surface area contributed by atoms with Gasteiger partial charge >= 0.3 is 0 Å². The molecular weight excluding hydrogens is 238 g/mol. The first-order valence-electron chi connectivity index (χ1n) is 7.08. The maximum absolute atomic E-state index is 4.57. The van der Waals surface area contributed by atoms with E-state index in [9.17, 15) is 0 Å². The van der Waals surface area contributed by atoms with Crippen LogP contribution in [0.25, 0.3) is 0 Å². The molecule has 0 aliphatic heterocycles. The van der Waals surface area contributed by atoms with Crippen LogP contribution in [0.3, 0.4) is 0 Å². The summed E-state index contributed by atoms with van der Waals surface area (Å²) in [7, 11) is 4.15. The van der Waals surface area contributed by atoms with Crippen molar-refractivity contribution in [1.29, 1.82) is 0 Å². The van der Waals surface area contributed by atoms with Crippen LogP contribution >= 0.6 is 0 Å². The highest BCUT2D eigenvalue weighted by Crippen LogP contribution is 2.13. The molecule has 0 fully saturated rings. The lowest BCUT2D eigenvalue weighted by molar-refractivity contribution is 0.392. The maximum atomic E-state index is 4.57. The zero-order chi connectivity index (χ0) is 14.3. The Kier molecular flexibility index (Phi) is 6.56. The summed E-state index contributed by atoms with van der Waals surface area (Å²) < 4.78 is 0. The first-order chi connectivity index (χ1) is 9.05. The Hall–Kier alpha value is -1.36. The van der Waals surface area contributed by atoms with Crippen LogP contribution in [-0.4, -0.2) is 48.1 Å². The van der Waals surface area contributed by atoms with Crippen LogP contribution in [0.5, 0.6) is 0 Å². The second-order valence-electron chi connectivity index (χ2n) is 5.14. The van der Waals surface area contributed by atoms with Crippen molar-refractivity contribution in [2.24, 2.45) is 0 Å². The lowest BCUT2D eigenvalue weighted by Crippen LogP contribution is -2.30. The molecule has 0 bridgehead atoms. The Bertz CT molecular complexity index is 354. The van der Waals surface area contributed by atoms with Crippen LogP contribution in [0, 0.1) is 0 Å².